The second kappa shape index (κ2) is 29.0. The van der Waals surface area contributed by atoms with Crippen LogP contribution in [0.1, 0.15) is 125 Å². The summed E-state index contributed by atoms with van der Waals surface area (Å²) in [5.41, 5.74) is -1.81. The van der Waals surface area contributed by atoms with Crippen molar-refractivity contribution in [1.29, 1.82) is 0 Å². The fourth-order valence-corrected chi connectivity index (χ4v) is 10.9. The third kappa shape index (κ3) is 18.2. The molecule has 1 saturated carbocycles. The lowest BCUT2D eigenvalue weighted by atomic mass is 9.81. The van der Waals surface area contributed by atoms with Gasteiger partial charge in [0.05, 0.1) is 36.9 Å². The van der Waals surface area contributed by atoms with E-state index in [1.54, 1.807) is 21.1 Å². The molecule has 77 heavy (non-hydrogen) atoms. The van der Waals surface area contributed by atoms with E-state index in [-0.39, 0.29) is 75.8 Å². The van der Waals surface area contributed by atoms with Crippen LogP contribution in [0.25, 0.3) is 0 Å². The van der Waals surface area contributed by atoms with E-state index in [0.29, 0.717) is 61.8 Å². The largest absolute Gasteiger partial charge is 0.496 e. The minimum Gasteiger partial charge on any atom is -0.496 e. The molecule has 5 rings (SSSR count). The number of likely N-dealkylation sites (N-methyl/N-ethyl adjacent to an activating group) is 3. The van der Waals surface area contributed by atoms with E-state index in [4.69, 9.17) is 49.5 Å². The highest BCUT2D eigenvalue weighted by atomic mass is 35.5. The summed E-state index contributed by atoms with van der Waals surface area (Å²) in [4.78, 5) is 82.4. The molecule has 5 aliphatic rings. The van der Waals surface area contributed by atoms with Crippen molar-refractivity contribution >= 4 is 47.7 Å². The number of nitrogens with one attached hydrogen (secondary N) is 2. The Bertz CT molecular complexity index is 2130. The average molecular weight is 1110 g/mol. The predicted molar refractivity (Wildman–Crippen MR) is 284 cm³/mol. The molecule has 2 aliphatic heterocycles. The van der Waals surface area contributed by atoms with Crippen LogP contribution >= 0.6 is 11.6 Å². The van der Waals surface area contributed by atoms with E-state index in [1.807, 2.05) is 39.0 Å². The van der Waals surface area contributed by atoms with Gasteiger partial charge in [-0.05, 0) is 89.2 Å². The third-order valence-electron chi connectivity index (χ3n) is 15.7. The molecule has 22 heteroatoms. The molecule has 5 amide bonds. The summed E-state index contributed by atoms with van der Waals surface area (Å²) in [6.45, 7) is 11.8. The summed E-state index contributed by atoms with van der Waals surface area (Å²) in [6.07, 6.45) is 4.63. The molecular weight excluding hydrogens is 1020 g/mol. The first-order valence-corrected chi connectivity index (χ1v) is 27.8. The fraction of sp³-hybridized carbons (Fsp3) is 0.782. The number of hydrogen-bond acceptors (Lipinski definition) is 16. The molecule has 0 aromatic heterocycles. The molecule has 0 aromatic rings. The number of allylic oxidation sites excluding steroid dienone is 3. The molecule has 5 unspecified atom stereocenters. The lowest BCUT2D eigenvalue weighted by Crippen LogP contribution is -2.64. The number of fused-ring (bicyclic) bond motifs is 5. The van der Waals surface area contributed by atoms with Crippen molar-refractivity contribution in [3.8, 4) is 0 Å². The molecule has 3 fully saturated rings. The number of halogens is 1. The van der Waals surface area contributed by atoms with Gasteiger partial charge in [0, 0.05) is 72.6 Å². The van der Waals surface area contributed by atoms with Gasteiger partial charge in [-0.3, -0.25) is 14.9 Å². The van der Waals surface area contributed by atoms with Crippen LogP contribution in [0.4, 0.5) is 14.4 Å². The van der Waals surface area contributed by atoms with Gasteiger partial charge in [0.25, 0.3) is 0 Å². The number of epoxide rings is 1. The van der Waals surface area contributed by atoms with Crippen molar-refractivity contribution in [2.24, 2.45) is 23.7 Å². The zero-order valence-electron chi connectivity index (χ0n) is 47.2. The Balaban J connectivity index is 1.14. The van der Waals surface area contributed by atoms with Gasteiger partial charge in [-0.15, -0.1) is 0 Å². The van der Waals surface area contributed by atoms with Crippen LogP contribution in [0.5, 0.6) is 0 Å². The van der Waals surface area contributed by atoms with Gasteiger partial charge in [0.1, 0.15) is 55.0 Å². The molecule has 13 atom stereocenters. The van der Waals surface area contributed by atoms with Gasteiger partial charge < -0.3 is 68.1 Å². The lowest BCUT2D eigenvalue weighted by Gasteiger charge is -2.43. The van der Waals surface area contributed by atoms with Crippen LogP contribution in [0, 0.1) is 23.7 Å². The number of amides is 5. The van der Waals surface area contributed by atoms with Crippen LogP contribution in [0.2, 0.25) is 0 Å². The molecule has 4 bridgehead atoms. The maximum atomic E-state index is 14.1. The highest BCUT2D eigenvalue weighted by Crippen LogP contribution is 2.50. The van der Waals surface area contributed by atoms with Crippen molar-refractivity contribution in [2.45, 2.75) is 185 Å². The van der Waals surface area contributed by atoms with E-state index >= 15 is 0 Å². The fourth-order valence-electron chi connectivity index (χ4n) is 10.6. The Morgan fingerprint density at radius 2 is 1.65 bits per heavy atom. The number of alkyl carbamates (subject to hydrolysis) is 1. The number of aliphatic hydroxyl groups excluding tert-OH is 1. The standard InChI is InChI=1S/C55H88ClN5O16/c1-33(2)31-57-46(63)32-73-40-16-13-18-41(19-14-17-40)74-53(68)60(8)23-22-59(7)52(67)72-24-21-47(64)61(9)36(5)50(65)76-45-29-39(62)28-38-26-37(27-42(70-10)48(38)56)25-34(3)15-12-20-44(71-11)55(69)30-43(75-51(66)58-55)35(4)49-54(45,6)77-49/h13,18,27,33-36,38-41,43-45,49,62,69H,12,14-17,19-26,28-32H2,1-11H3,(H,57,63)(H,58,66)/b18-13+/t34?,35-,36+,38?,39?,40?,41?,43+,44-,45+,49+,54+,55+/m1/s1. The quantitative estimate of drug-likeness (QED) is 0.0538. The van der Waals surface area contributed by atoms with Gasteiger partial charge >= 0.3 is 24.2 Å². The van der Waals surface area contributed by atoms with E-state index in [0.717, 1.165) is 24.8 Å². The van der Waals surface area contributed by atoms with E-state index in [1.165, 1.54) is 42.8 Å². The van der Waals surface area contributed by atoms with Crippen LogP contribution < -0.4 is 10.6 Å². The highest BCUT2D eigenvalue weighted by molar-refractivity contribution is 6.30. The van der Waals surface area contributed by atoms with Crippen molar-refractivity contribution in [3.05, 3.63) is 34.6 Å². The number of methoxy groups -OCH3 is 2. The highest BCUT2D eigenvalue weighted by Gasteiger charge is 2.64. The predicted octanol–water partition coefficient (Wildman–Crippen LogP) is 6.32. The Labute approximate surface area is 459 Å². The summed E-state index contributed by atoms with van der Waals surface area (Å²) in [5.74, 6) is -1.11. The summed E-state index contributed by atoms with van der Waals surface area (Å²) in [6, 6.07) is -1.12. The van der Waals surface area contributed by atoms with E-state index in [2.05, 4.69) is 17.6 Å². The number of aliphatic hydroxyl groups is 2. The van der Waals surface area contributed by atoms with E-state index in [9.17, 15) is 39.0 Å². The maximum Gasteiger partial charge on any atom is 0.410 e. The molecule has 4 N–H and O–H groups in total. The zero-order valence-corrected chi connectivity index (χ0v) is 48.0. The third-order valence-corrected chi connectivity index (χ3v) is 16.2. The second-order valence-electron chi connectivity index (χ2n) is 22.4. The topological polar surface area (TPSA) is 254 Å². The van der Waals surface area contributed by atoms with Crippen molar-refractivity contribution in [3.63, 3.8) is 0 Å². The van der Waals surface area contributed by atoms with Crippen LogP contribution in [0.3, 0.4) is 0 Å². The van der Waals surface area contributed by atoms with Gasteiger partial charge in [-0.1, -0.05) is 63.8 Å². The van der Waals surface area contributed by atoms with Gasteiger partial charge in [-0.25, -0.2) is 19.2 Å². The average Bonchev–Trinajstić information content (AvgIpc) is 4.08. The molecule has 2 saturated heterocycles. The number of carbonyl (C=O) groups is 6. The molecule has 3 aliphatic carbocycles. The summed E-state index contributed by atoms with van der Waals surface area (Å²) in [5, 5.41) is 29.7. The number of hydrogen-bond donors (Lipinski definition) is 4. The first-order chi connectivity index (χ1) is 36.4. The molecule has 21 nitrogen and oxygen atoms in total. The van der Waals surface area contributed by atoms with Crippen LogP contribution in [-0.2, 0) is 52.3 Å². The van der Waals surface area contributed by atoms with E-state index < -0.39 is 90.1 Å². The molecule has 0 radical (unpaired) electrons. The van der Waals surface area contributed by atoms with Crippen LogP contribution in [-0.4, -0.2) is 189 Å². The first-order valence-electron chi connectivity index (χ1n) is 27.4. The number of carbonyl (C=O) groups excluding carboxylic acids is 6. The maximum absolute atomic E-state index is 14.1. The molecule has 0 aromatic carbocycles. The van der Waals surface area contributed by atoms with Crippen molar-refractivity contribution < 1.29 is 76.9 Å². The van der Waals surface area contributed by atoms with Gasteiger partial charge in [0.2, 0.25) is 11.8 Å². The SMILES string of the molecule is COC1=C(Cl)C2CC(=C1)CC(C)CCC[C@@H](OC)[C@@]1(O)C[C@H](OC(=O)N1)[C@@H](C)[C@@H]1O[C@@]1(C)[C@@H](OC(=O)[C@H](C)N(C)C(=O)CCOC(=O)N(C)CCN(C)C(=O)OC1/C=C/CC(OCC(=O)NCC(C)C)CCC1)CC(O)C2. The summed E-state index contributed by atoms with van der Waals surface area (Å²) in [7, 11) is 7.55. The minimum absolute atomic E-state index is 0.000592. The summed E-state index contributed by atoms with van der Waals surface area (Å²) < 4.78 is 46.7. The van der Waals surface area contributed by atoms with Crippen molar-refractivity contribution in [2.75, 3.05) is 68.2 Å². The van der Waals surface area contributed by atoms with Gasteiger partial charge in [0.15, 0.2) is 5.72 Å². The zero-order chi connectivity index (χ0) is 56.8. The second-order valence-corrected chi connectivity index (χ2v) is 22.9. The summed E-state index contributed by atoms with van der Waals surface area (Å²) >= 11 is 6.90. The Morgan fingerprint density at radius 1 is 0.948 bits per heavy atom. The molecule has 2 heterocycles. The first kappa shape index (κ1) is 63.2. The Hall–Kier alpha value is -4.67. The smallest absolute Gasteiger partial charge is 0.410 e. The molecular formula is C55H88ClN5O16. The number of rotatable bonds is 17. The molecule has 436 valence electrons. The van der Waals surface area contributed by atoms with Gasteiger partial charge in [-0.2, -0.15) is 0 Å². The lowest BCUT2D eigenvalue weighted by molar-refractivity contribution is -0.163. The number of ether oxygens (including phenoxy) is 8. The molecule has 0 spiro atoms. The normalized spacial score (nSPS) is 31.8. The Kier molecular flexibility index (Phi) is 23.8. The monoisotopic (exact) mass is 1110 g/mol. The Morgan fingerprint density at radius 3 is 2.34 bits per heavy atom. The van der Waals surface area contributed by atoms with Crippen LogP contribution in [0.15, 0.2) is 34.6 Å². The van der Waals surface area contributed by atoms with Crippen molar-refractivity contribution in [1.82, 2.24) is 25.3 Å². The minimum atomic E-state index is -1.74. The number of nitrogens with zero attached hydrogens (tertiary/aromatic N) is 3. The number of esters is 1.